The molecule has 7 heteroatoms. The Morgan fingerprint density at radius 2 is 1.84 bits per heavy atom. The topological polar surface area (TPSA) is 50.2 Å². The lowest BCUT2D eigenvalue weighted by Crippen LogP contribution is -2.45. The van der Waals surface area contributed by atoms with Crippen LogP contribution < -0.4 is 5.32 Å². The highest BCUT2D eigenvalue weighted by atomic mass is 19.1. The van der Waals surface area contributed by atoms with Gasteiger partial charge in [-0.1, -0.05) is 30.3 Å². The first kappa shape index (κ1) is 21.2. The lowest BCUT2D eigenvalue weighted by atomic mass is 9.99. The molecule has 2 heterocycles. The Balaban J connectivity index is 1.62. The molecule has 0 saturated heterocycles. The Labute approximate surface area is 180 Å². The third kappa shape index (κ3) is 4.66. The van der Waals surface area contributed by atoms with Crippen molar-refractivity contribution in [2.45, 2.75) is 45.4 Å². The van der Waals surface area contributed by atoms with Crippen molar-refractivity contribution in [3.05, 3.63) is 89.0 Å². The van der Waals surface area contributed by atoms with Crippen LogP contribution in [-0.2, 0) is 24.3 Å². The molecular weight excluding hydrogens is 398 g/mol. The second-order valence-electron chi connectivity index (χ2n) is 8.18. The maximum absolute atomic E-state index is 13.5. The summed E-state index contributed by atoms with van der Waals surface area (Å²) in [6.07, 6.45) is 2.56. The van der Waals surface area contributed by atoms with Gasteiger partial charge in [0, 0.05) is 38.2 Å². The molecule has 4 rings (SSSR count). The van der Waals surface area contributed by atoms with Gasteiger partial charge in [-0.05, 0) is 37.1 Å². The third-order valence-corrected chi connectivity index (χ3v) is 5.59. The summed E-state index contributed by atoms with van der Waals surface area (Å²) in [4.78, 5) is 20.1. The molecule has 1 aliphatic heterocycles. The molecule has 1 atom stereocenters. The van der Waals surface area contributed by atoms with Crippen LogP contribution in [0.25, 0.3) is 0 Å². The molecule has 1 aliphatic rings. The van der Waals surface area contributed by atoms with Gasteiger partial charge in [0.1, 0.15) is 17.7 Å². The van der Waals surface area contributed by atoms with Gasteiger partial charge in [0.2, 0.25) is 5.91 Å². The average molecular weight is 424 g/mol. The minimum absolute atomic E-state index is 0.0499. The second-order valence-corrected chi connectivity index (χ2v) is 8.18. The van der Waals surface area contributed by atoms with Gasteiger partial charge in [-0.25, -0.2) is 13.8 Å². The number of benzene rings is 2. The fourth-order valence-corrected chi connectivity index (χ4v) is 4.14. The fourth-order valence-electron chi connectivity index (χ4n) is 4.14. The zero-order valence-corrected chi connectivity index (χ0v) is 17.7. The lowest BCUT2D eigenvalue weighted by Gasteiger charge is -2.36. The quantitative estimate of drug-likeness (QED) is 0.647. The van der Waals surface area contributed by atoms with Gasteiger partial charge < -0.3 is 9.88 Å². The molecule has 5 nitrogen and oxygen atoms in total. The fraction of sp³-hybridized carbons (Fsp3) is 0.333. The maximum Gasteiger partial charge on any atom is 0.243 e. The number of hydrogen-bond acceptors (Lipinski definition) is 3. The summed E-state index contributed by atoms with van der Waals surface area (Å²) in [5.41, 5.74) is 3.32. The van der Waals surface area contributed by atoms with E-state index in [4.69, 9.17) is 0 Å². The molecule has 0 aliphatic carbocycles. The number of imidazole rings is 1. The number of rotatable bonds is 6. The number of carbonyl (C=O) groups is 1. The van der Waals surface area contributed by atoms with E-state index in [9.17, 15) is 13.6 Å². The molecule has 0 fully saturated rings. The van der Waals surface area contributed by atoms with Crippen LogP contribution in [0.15, 0.2) is 54.9 Å². The summed E-state index contributed by atoms with van der Waals surface area (Å²) in [5, 5.41) is 2.88. The van der Waals surface area contributed by atoms with Crippen LogP contribution in [0, 0.1) is 11.6 Å². The smallest absolute Gasteiger partial charge is 0.243 e. The monoisotopic (exact) mass is 424 g/mol. The predicted octanol–water partition coefficient (Wildman–Crippen LogP) is 4.16. The van der Waals surface area contributed by atoms with E-state index in [0.717, 1.165) is 29.4 Å². The molecule has 0 spiro atoms. The molecule has 31 heavy (non-hydrogen) atoms. The first-order valence-electron chi connectivity index (χ1n) is 10.5. The van der Waals surface area contributed by atoms with Crippen LogP contribution in [-0.4, -0.2) is 26.9 Å². The molecule has 0 saturated carbocycles. The highest BCUT2D eigenvalue weighted by Gasteiger charge is 2.36. The van der Waals surface area contributed by atoms with E-state index < -0.39 is 17.7 Å². The summed E-state index contributed by atoms with van der Waals surface area (Å²) >= 11 is 0. The minimum atomic E-state index is -0.659. The molecule has 0 bridgehead atoms. The zero-order valence-electron chi connectivity index (χ0n) is 17.7. The van der Waals surface area contributed by atoms with Crippen molar-refractivity contribution in [2.24, 2.45) is 0 Å². The van der Waals surface area contributed by atoms with Gasteiger partial charge in [0.25, 0.3) is 0 Å². The SMILES string of the molecule is CC(C)n1cnc2c1[C@H](C(=O)NCc1cc(F)cc(F)c1)N(Cc1ccccc1)CC2. The standard InChI is InChI=1S/C24H26F2N4O/c1-16(2)30-15-28-21-8-9-29(14-17-6-4-3-5-7-17)23(22(21)30)24(31)27-13-18-10-19(25)12-20(26)11-18/h3-7,10-12,15-16,23H,8-9,13-14H2,1-2H3,(H,27,31)/t23-/m1/s1. The third-order valence-electron chi connectivity index (χ3n) is 5.59. The minimum Gasteiger partial charge on any atom is -0.350 e. The highest BCUT2D eigenvalue weighted by molar-refractivity contribution is 5.83. The maximum atomic E-state index is 13.5. The van der Waals surface area contributed by atoms with Crippen molar-refractivity contribution in [3.63, 3.8) is 0 Å². The van der Waals surface area contributed by atoms with Crippen molar-refractivity contribution >= 4 is 5.91 Å². The number of carbonyl (C=O) groups excluding carboxylic acids is 1. The summed E-state index contributed by atoms with van der Waals surface area (Å²) in [6.45, 7) is 5.49. The van der Waals surface area contributed by atoms with Crippen molar-refractivity contribution in [1.29, 1.82) is 0 Å². The molecule has 3 aromatic rings. The van der Waals surface area contributed by atoms with Crippen LogP contribution in [0.4, 0.5) is 8.78 Å². The van der Waals surface area contributed by atoms with Gasteiger partial charge in [-0.15, -0.1) is 0 Å². The van der Waals surface area contributed by atoms with Crippen LogP contribution in [0.3, 0.4) is 0 Å². The second kappa shape index (κ2) is 8.98. The largest absolute Gasteiger partial charge is 0.350 e. The van der Waals surface area contributed by atoms with Gasteiger partial charge in [0.05, 0.1) is 17.7 Å². The van der Waals surface area contributed by atoms with E-state index in [-0.39, 0.29) is 18.5 Å². The normalized spacial score (nSPS) is 16.4. The van der Waals surface area contributed by atoms with E-state index in [1.165, 1.54) is 12.1 Å². The average Bonchev–Trinajstić information content (AvgIpc) is 3.16. The zero-order chi connectivity index (χ0) is 22.0. The molecular formula is C24H26F2N4O. The van der Waals surface area contributed by atoms with Gasteiger partial charge in [-0.2, -0.15) is 0 Å². The van der Waals surface area contributed by atoms with E-state index in [2.05, 4.69) is 29.0 Å². The Bertz CT molecular complexity index is 1040. The van der Waals surface area contributed by atoms with Gasteiger partial charge in [0.15, 0.2) is 0 Å². The van der Waals surface area contributed by atoms with Gasteiger partial charge in [-0.3, -0.25) is 9.69 Å². The number of nitrogens with zero attached hydrogens (tertiary/aromatic N) is 3. The molecule has 0 radical (unpaired) electrons. The van der Waals surface area contributed by atoms with Crippen molar-refractivity contribution in [1.82, 2.24) is 19.8 Å². The first-order valence-corrected chi connectivity index (χ1v) is 10.5. The summed E-state index contributed by atoms with van der Waals surface area (Å²) in [6, 6.07) is 12.9. The van der Waals surface area contributed by atoms with Crippen LogP contribution >= 0.6 is 0 Å². The number of fused-ring (bicyclic) bond motifs is 1. The van der Waals surface area contributed by atoms with Crippen LogP contribution in [0.2, 0.25) is 0 Å². The molecule has 0 unspecified atom stereocenters. The molecule has 1 N–H and O–H groups in total. The number of hydrogen-bond donors (Lipinski definition) is 1. The Morgan fingerprint density at radius 3 is 2.52 bits per heavy atom. The van der Waals surface area contributed by atoms with E-state index in [1.807, 2.05) is 34.9 Å². The van der Waals surface area contributed by atoms with Crippen molar-refractivity contribution in [3.8, 4) is 0 Å². The number of aromatic nitrogens is 2. The van der Waals surface area contributed by atoms with E-state index in [1.54, 1.807) is 6.33 Å². The first-order chi connectivity index (χ1) is 14.9. The number of halogens is 2. The summed E-state index contributed by atoms with van der Waals surface area (Å²) in [7, 11) is 0. The Kier molecular flexibility index (Phi) is 6.13. The molecule has 2 aromatic carbocycles. The van der Waals surface area contributed by atoms with E-state index in [0.29, 0.717) is 18.7 Å². The number of nitrogens with one attached hydrogen (secondary N) is 1. The van der Waals surface area contributed by atoms with E-state index >= 15 is 0 Å². The Hall–Kier alpha value is -3.06. The lowest BCUT2D eigenvalue weighted by molar-refractivity contribution is -0.127. The van der Waals surface area contributed by atoms with Crippen molar-refractivity contribution in [2.75, 3.05) is 6.54 Å². The Morgan fingerprint density at radius 1 is 1.13 bits per heavy atom. The molecule has 162 valence electrons. The summed E-state index contributed by atoms with van der Waals surface area (Å²) in [5.74, 6) is -1.52. The molecule has 1 aromatic heterocycles. The summed E-state index contributed by atoms with van der Waals surface area (Å²) < 4.78 is 29.1. The highest BCUT2D eigenvalue weighted by Crippen LogP contribution is 2.32. The molecule has 1 amide bonds. The van der Waals surface area contributed by atoms with Crippen LogP contribution in [0.5, 0.6) is 0 Å². The van der Waals surface area contributed by atoms with Crippen molar-refractivity contribution < 1.29 is 13.6 Å². The number of amides is 1. The van der Waals surface area contributed by atoms with Gasteiger partial charge >= 0.3 is 0 Å². The van der Waals surface area contributed by atoms with Crippen LogP contribution in [0.1, 0.15) is 48.4 Å². The predicted molar refractivity (Wildman–Crippen MR) is 114 cm³/mol.